The second-order valence-electron chi connectivity index (χ2n) is 7.49. The maximum absolute atomic E-state index is 13.0. The number of hydrogen-bond acceptors (Lipinski definition) is 4. The number of alkyl halides is 3. The Hall–Kier alpha value is -3.42. The maximum Gasteiger partial charge on any atom is 0.416 e. The summed E-state index contributed by atoms with van der Waals surface area (Å²) in [6.07, 6.45) is -0.965. The van der Waals surface area contributed by atoms with Gasteiger partial charge in [-0.15, -0.1) is 0 Å². The number of nitrogens with zero attached hydrogens (tertiary/aromatic N) is 4. The van der Waals surface area contributed by atoms with E-state index in [2.05, 4.69) is 14.9 Å². The lowest BCUT2D eigenvalue weighted by atomic mass is 10.0. The largest absolute Gasteiger partial charge is 0.416 e. The summed E-state index contributed by atoms with van der Waals surface area (Å²) in [5.41, 5.74) is 1.28. The fourth-order valence-corrected chi connectivity index (χ4v) is 3.72. The third kappa shape index (κ3) is 4.52. The lowest BCUT2D eigenvalue weighted by Gasteiger charge is -2.39. The minimum absolute atomic E-state index is 0.0142. The van der Waals surface area contributed by atoms with Crippen molar-refractivity contribution in [1.29, 1.82) is 0 Å². The van der Waals surface area contributed by atoms with Crippen molar-refractivity contribution in [3.05, 3.63) is 78.1 Å². The molecule has 1 fully saturated rings. The summed E-state index contributed by atoms with van der Waals surface area (Å²) in [6, 6.07) is 13.7. The predicted octanol–water partition coefficient (Wildman–Crippen LogP) is 4.51. The molecule has 1 aromatic heterocycles. The summed E-state index contributed by atoms with van der Waals surface area (Å²) in [4.78, 5) is 25.4. The molecule has 160 valence electrons. The molecule has 2 heterocycles. The zero-order valence-corrected chi connectivity index (χ0v) is 16.9. The second-order valence-corrected chi connectivity index (χ2v) is 7.49. The van der Waals surface area contributed by atoms with Crippen molar-refractivity contribution < 1.29 is 18.0 Å². The van der Waals surface area contributed by atoms with Gasteiger partial charge in [-0.1, -0.05) is 24.3 Å². The Morgan fingerprint density at radius 3 is 2.06 bits per heavy atom. The zero-order chi connectivity index (χ0) is 22.0. The number of hydrogen-bond donors (Lipinski definition) is 0. The molecule has 1 atom stereocenters. The maximum atomic E-state index is 13.0. The summed E-state index contributed by atoms with van der Waals surface area (Å²) in [6.45, 7) is 3.83. The Morgan fingerprint density at radius 1 is 0.935 bits per heavy atom. The number of carbonyl (C=O) groups is 1. The van der Waals surface area contributed by atoms with E-state index in [1.807, 2.05) is 11.8 Å². The molecular weight excluding hydrogens is 405 g/mol. The molecular formula is C23H21F3N4O. The Bertz CT molecular complexity index is 1040. The van der Waals surface area contributed by atoms with Crippen molar-refractivity contribution in [3.8, 4) is 11.1 Å². The van der Waals surface area contributed by atoms with Gasteiger partial charge in [-0.2, -0.15) is 13.2 Å². The van der Waals surface area contributed by atoms with Gasteiger partial charge in [0.15, 0.2) is 0 Å². The molecule has 1 aliphatic heterocycles. The average molecular weight is 426 g/mol. The Morgan fingerprint density at radius 2 is 1.52 bits per heavy atom. The summed E-state index contributed by atoms with van der Waals surface area (Å²) in [5.74, 6) is 0.586. The molecule has 5 nitrogen and oxygen atoms in total. The molecule has 4 rings (SSSR count). The third-order valence-electron chi connectivity index (χ3n) is 5.40. The standard InChI is InChI=1S/C23H21F3N4O/c1-16-15-29(22-27-11-2-12-28-22)13-14-30(16)21(31)19-5-3-17(4-6-19)18-7-9-20(10-8-18)23(24,25)26/h2-12,16H,13-15H2,1H3. The molecule has 1 saturated heterocycles. The highest BCUT2D eigenvalue weighted by molar-refractivity contribution is 5.95. The predicted molar refractivity (Wildman–Crippen MR) is 112 cm³/mol. The SMILES string of the molecule is CC1CN(c2ncccn2)CCN1C(=O)c1ccc(-c2ccc(C(F)(F)F)cc2)cc1. The van der Waals surface area contributed by atoms with Crippen molar-refractivity contribution in [1.82, 2.24) is 14.9 Å². The van der Waals surface area contributed by atoms with Gasteiger partial charge in [0.2, 0.25) is 5.95 Å². The van der Waals surface area contributed by atoms with Crippen LogP contribution in [0.15, 0.2) is 67.0 Å². The number of carbonyl (C=O) groups excluding carboxylic acids is 1. The highest BCUT2D eigenvalue weighted by atomic mass is 19.4. The molecule has 8 heteroatoms. The minimum Gasteiger partial charge on any atom is -0.337 e. The van der Waals surface area contributed by atoms with E-state index in [4.69, 9.17) is 0 Å². The summed E-state index contributed by atoms with van der Waals surface area (Å²) < 4.78 is 38.2. The highest BCUT2D eigenvalue weighted by Crippen LogP contribution is 2.31. The number of anilines is 1. The number of amides is 1. The Kier molecular flexibility index (Phi) is 5.63. The summed E-state index contributed by atoms with van der Waals surface area (Å²) in [5, 5.41) is 0. The van der Waals surface area contributed by atoms with Gasteiger partial charge in [0.05, 0.1) is 5.56 Å². The summed E-state index contributed by atoms with van der Waals surface area (Å²) >= 11 is 0. The molecule has 0 radical (unpaired) electrons. The van der Waals surface area contributed by atoms with Crippen LogP contribution in [0.4, 0.5) is 19.1 Å². The van der Waals surface area contributed by atoms with E-state index in [-0.39, 0.29) is 11.9 Å². The van der Waals surface area contributed by atoms with E-state index in [1.165, 1.54) is 12.1 Å². The van der Waals surface area contributed by atoms with E-state index in [0.717, 1.165) is 17.7 Å². The first-order valence-electron chi connectivity index (χ1n) is 9.93. The van der Waals surface area contributed by atoms with Crippen molar-refractivity contribution in [2.75, 3.05) is 24.5 Å². The van der Waals surface area contributed by atoms with Gasteiger partial charge < -0.3 is 9.80 Å². The first-order valence-corrected chi connectivity index (χ1v) is 9.93. The fraction of sp³-hybridized carbons (Fsp3) is 0.261. The smallest absolute Gasteiger partial charge is 0.337 e. The topological polar surface area (TPSA) is 49.3 Å². The van der Waals surface area contributed by atoms with Crippen LogP contribution in [0.1, 0.15) is 22.8 Å². The van der Waals surface area contributed by atoms with Crippen molar-refractivity contribution in [2.24, 2.45) is 0 Å². The number of piperazine rings is 1. The molecule has 0 aliphatic carbocycles. The van der Waals surface area contributed by atoms with Gasteiger partial charge in [-0.3, -0.25) is 4.79 Å². The molecule has 1 aliphatic rings. The normalized spacial score (nSPS) is 17.0. The first-order chi connectivity index (χ1) is 14.8. The highest BCUT2D eigenvalue weighted by Gasteiger charge is 2.30. The zero-order valence-electron chi connectivity index (χ0n) is 16.9. The van der Waals surface area contributed by atoms with Gasteiger partial charge in [-0.05, 0) is 48.4 Å². The molecule has 0 N–H and O–H groups in total. The lowest BCUT2D eigenvalue weighted by molar-refractivity contribution is -0.137. The van der Waals surface area contributed by atoms with Crippen LogP contribution in [0, 0.1) is 0 Å². The molecule has 0 bridgehead atoms. The first kappa shape index (κ1) is 20.8. The van der Waals surface area contributed by atoms with Gasteiger partial charge in [0.25, 0.3) is 5.91 Å². The second kappa shape index (κ2) is 8.37. The molecule has 0 spiro atoms. The van der Waals surface area contributed by atoms with Crippen LogP contribution in [0.2, 0.25) is 0 Å². The van der Waals surface area contributed by atoms with Crippen molar-refractivity contribution >= 4 is 11.9 Å². The van der Waals surface area contributed by atoms with Crippen LogP contribution in [0.3, 0.4) is 0 Å². The molecule has 1 unspecified atom stereocenters. The van der Waals surface area contributed by atoms with Crippen molar-refractivity contribution in [3.63, 3.8) is 0 Å². The quantitative estimate of drug-likeness (QED) is 0.618. The number of halogens is 3. The van der Waals surface area contributed by atoms with Crippen molar-refractivity contribution in [2.45, 2.75) is 19.1 Å². The average Bonchev–Trinajstić information content (AvgIpc) is 2.79. The summed E-state index contributed by atoms with van der Waals surface area (Å²) in [7, 11) is 0. The van der Waals surface area contributed by atoms with Gasteiger partial charge in [0, 0.05) is 43.6 Å². The number of rotatable bonds is 3. The van der Waals surface area contributed by atoms with E-state index in [9.17, 15) is 18.0 Å². The molecule has 1 amide bonds. The van der Waals surface area contributed by atoms with Crippen LogP contribution < -0.4 is 4.90 Å². The molecule has 0 saturated carbocycles. The van der Waals surface area contributed by atoms with Crippen LogP contribution in [-0.2, 0) is 6.18 Å². The van der Waals surface area contributed by atoms with Crippen LogP contribution in [0.5, 0.6) is 0 Å². The third-order valence-corrected chi connectivity index (χ3v) is 5.40. The Labute approximate surface area is 178 Å². The number of aromatic nitrogens is 2. The number of benzene rings is 2. The van der Waals surface area contributed by atoms with E-state index < -0.39 is 11.7 Å². The minimum atomic E-state index is -4.36. The van der Waals surface area contributed by atoms with E-state index in [1.54, 1.807) is 42.7 Å². The monoisotopic (exact) mass is 426 g/mol. The van der Waals surface area contributed by atoms with E-state index in [0.29, 0.717) is 36.7 Å². The van der Waals surface area contributed by atoms with Gasteiger partial charge >= 0.3 is 6.18 Å². The van der Waals surface area contributed by atoms with E-state index >= 15 is 0 Å². The molecule has 31 heavy (non-hydrogen) atoms. The fourth-order valence-electron chi connectivity index (χ4n) is 3.72. The van der Waals surface area contributed by atoms with Gasteiger partial charge in [-0.25, -0.2) is 9.97 Å². The van der Waals surface area contributed by atoms with Crippen LogP contribution >= 0.6 is 0 Å². The molecule has 3 aromatic rings. The Balaban J connectivity index is 1.44. The van der Waals surface area contributed by atoms with Crippen LogP contribution in [0.25, 0.3) is 11.1 Å². The molecule has 2 aromatic carbocycles. The van der Waals surface area contributed by atoms with Gasteiger partial charge in [0.1, 0.15) is 0 Å². The lowest BCUT2D eigenvalue weighted by Crippen LogP contribution is -2.54. The van der Waals surface area contributed by atoms with Crippen LogP contribution in [-0.4, -0.2) is 46.5 Å².